The van der Waals surface area contributed by atoms with Gasteiger partial charge in [0.1, 0.15) is 11.5 Å². The molecule has 4 heterocycles. The summed E-state index contributed by atoms with van der Waals surface area (Å²) in [5, 5.41) is 5.76. The fourth-order valence-electron chi connectivity index (χ4n) is 5.21. The van der Waals surface area contributed by atoms with Crippen molar-refractivity contribution in [1.82, 2.24) is 20.2 Å². The fourth-order valence-corrected chi connectivity index (χ4v) is 7.50. The molecule has 2 N–H and O–H groups in total. The molecule has 0 aromatic carbocycles. The van der Waals surface area contributed by atoms with E-state index < -0.39 is 34.1 Å². The van der Waals surface area contributed by atoms with E-state index >= 15 is 0 Å². The van der Waals surface area contributed by atoms with Gasteiger partial charge in [0.25, 0.3) is 18.2 Å². The minimum atomic E-state index is -3.15. The maximum absolute atomic E-state index is 14.3. The Kier molecular flexibility index (Phi) is 7.18. The molecule has 2 aliphatic heterocycles. The summed E-state index contributed by atoms with van der Waals surface area (Å²) in [6.45, 7) is 2.43. The van der Waals surface area contributed by atoms with Gasteiger partial charge in [0, 0.05) is 36.0 Å². The van der Waals surface area contributed by atoms with Gasteiger partial charge >= 0.3 is 0 Å². The smallest absolute Gasteiger partial charge is 0.280 e. The van der Waals surface area contributed by atoms with Gasteiger partial charge in [-0.1, -0.05) is 12.8 Å². The third-order valence-corrected chi connectivity index (χ3v) is 10.1. The first-order valence-corrected chi connectivity index (χ1v) is 15.1. The summed E-state index contributed by atoms with van der Waals surface area (Å²) >= 11 is 0.842. The maximum Gasteiger partial charge on any atom is 0.280 e. The van der Waals surface area contributed by atoms with Crippen LogP contribution in [-0.2, 0) is 9.84 Å². The predicted octanol–water partition coefficient (Wildman–Crippen LogP) is 3.65. The van der Waals surface area contributed by atoms with Crippen LogP contribution in [0.3, 0.4) is 0 Å². The Balaban J connectivity index is 1.50. The van der Waals surface area contributed by atoms with Gasteiger partial charge in [0.05, 0.1) is 22.4 Å². The highest BCUT2D eigenvalue weighted by molar-refractivity contribution is 7.92. The second kappa shape index (κ2) is 10.2. The molecular formula is C24H29F2N5O4S2. The number of sulfone groups is 1. The Morgan fingerprint density at radius 1 is 1.14 bits per heavy atom. The van der Waals surface area contributed by atoms with Gasteiger partial charge in [0.2, 0.25) is 0 Å². The quantitative estimate of drug-likeness (QED) is 0.537. The van der Waals surface area contributed by atoms with Crippen LogP contribution in [0.2, 0.25) is 0 Å². The molecule has 2 aromatic heterocycles. The van der Waals surface area contributed by atoms with Crippen LogP contribution in [0, 0.1) is 0 Å². The summed E-state index contributed by atoms with van der Waals surface area (Å²) < 4.78 is 51.5. The van der Waals surface area contributed by atoms with Crippen molar-refractivity contribution in [3.63, 3.8) is 0 Å². The van der Waals surface area contributed by atoms with Crippen molar-refractivity contribution in [2.45, 2.75) is 70.0 Å². The standard InChI is InChI=1S/C24H29F2N5O4S2/c1-13-5-4-8-31(13)24(33)19-20(36-23(30-19)22(32)29-15-11-37(34,35)12-15)17-10-27-18(9-16(17)21(25)26)28-14-6-2-3-7-14/h9-10,13-15,21H,2-8,11-12H2,1H3,(H,27,28)(H,29,32)/t13-/m0/s1. The second-order valence-electron chi connectivity index (χ2n) is 10.0. The number of rotatable bonds is 7. The highest BCUT2D eigenvalue weighted by atomic mass is 32.2. The van der Waals surface area contributed by atoms with Crippen LogP contribution < -0.4 is 10.6 Å². The third kappa shape index (κ3) is 5.47. The summed E-state index contributed by atoms with van der Waals surface area (Å²) in [6.07, 6.45) is 4.19. The highest BCUT2D eigenvalue weighted by Crippen LogP contribution is 2.39. The van der Waals surface area contributed by atoms with Crippen molar-refractivity contribution in [2.24, 2.45) is 0 Å². The van der Waals surface area contributed by atoms with Crippen LogP contribution >= 0.6 is 11.3 Å². The van der Waals surface area contributed by atoms with Gasteiger partial charge in [-0.25, -0.2) is 27.2 Å². The van der Waals surface area contributed by atoms with Gasteiger partial charge in [0.15, 0.2) is 14.8 Å². The van der Waals surface area contributed by atoms with E-state index in [-0.39, 0.29) is 50.3 Å². The Bertz CT molecular complexity index is 1300. The first-order chi connectivity index (χ1) is 17.6. The Labute approximate surface area is 218 Å². The second-order valence-corrected chi connectivity index (χ2v) is 13.2. The number of pyridine rings is 1. The van der Waals surface area contributed by atoms with Crippen molar-refractivity contribution in [3.05, 3.63) is 28.5 Å². The lowest BCUT2D eigenvalue weighted by Crippen LogP contribution is -2.52. The monoisotopic (exact) mass is 553 g/mol. The molecule has 200 valence electrons. The number of hydrogen-bond donors (Lipinski definition) is 2. The number of carbonyl (C=O) groups excluding carboxylic acids is 2. The molecule has 13 heteroatoms. The number of nitrogens with one attached hydrogen (secondary N) is 2. The SMILES string of the molecule is C[C@H]1CCCN1C(=O)c1nc(C(=O)NC2CS(=O)(=O)C2)sc1-c1cnc(NC2CCCC2)cc1C(F)F. The summed E-state index contributed by atoms with van der Waals surface area (Å²) in [4.78, 5) is 36.8. The molecule has 37 heavy (non-hydrogen) atoms. The zero-order chi connectivity index (χ0) is 26.3. The number of thiazole rings is 1. The molecule has 1 saturated carbocycles. The molecule has 1 atom stereocenters. The summed E-state index contributed by atoms with van der Waals surface area (Å²) in [5.74, 6) is -1.03. The minimum Gasteiger partial charge on any atom is -0.367 e. The van der Waals surface area contributed by atoms with Crippen molar-refractivity contribution < 1.29 is 26.8 Å². The molecule has 2 saturated heterocycles. The van der Waals surface area contributed by atoms with Crippen molar-refractivity contribution in [1.29, 1.82) is 0 Å². The molecule has 2 aromatic rings. The van der Waals surface area contributed by atoms with Crippen LogP contribution in [-0.4, -0.2) is 71.3 Å². The number of hydrogen-bond acceptors (Lipinski definition) is 8. The van der Waals surface area contributed by atoms with E-state index in [2.05, 4.69) is 20.6 Å². The number of halogens is 2. The summed E-state index contributed by atoms with van der Waals surface area (Å²) in [7, 11) is -3.15. The van der Waals surface area contributed by atoms with Crippen LogP contribution in [0.5, 0.6) is 0 Å². The zero-order valence-electron chi connectivity index (χ0n) is 20.4. The number of anilines is 1. The maximum atomic E-state index is 14.3. The highest BCUT2D eigenvalue weighted by Gasteiger charge is 2.37. The van der Waals surface area contributed by atoms with E-state index in [0.717, 1.165) is 49.9 Å². The van der Waals surface area contributed by atoms with Crippen LogP contribution in [0.1, 0.15) is 77.7 Å². The van der Waals surface area contributed by atoms with E-state index in [1.165, 1.54) is 12.3 Å². The number of likely N-dealkylation sites (tertiary alicyclic amines) is 1. The molecule has 2 amide bonds. The fraction of sp³-hybridized carbons (Fsp3) is 0.583. The first kappa shape index (κ1) is 26.0. The van der Waals surface area contributed by atoms with E-state index in [4.69, 9.17) is 0 Å². The molecular weight excluding hydrogens is 524 g/mol. The molecule has 0 unspecified atom stereocenters. The van der Waals surface area contributed by atoms with Crippen LogP contribution in [0.25, 0.3) is 10.4 Å². The molecule has 5 rings (SSSR count). The van der Waals surface area contributed by atoms with Crippen molar-refractivity contribution in [3.8, 4) is 10.4 Å². The number of alkyl halides is 2. The average molecular weight is 554 g/mol. The molecule has 1 aliphatic carbocycles. The topological polar surface area (TPSA) is 121 Å². The Morgan fingerprint density at radius 2 is 1.86 bits per heavy atom. The predicted molar refractivity (Wildman–Crippen MR) is 136 cm³/mol. The Morgan fingerprint density at radius 3 is 2.49 bits per heavy atom. The number of amides is 2. The van der Waals surface area contributed by atoms with Gasteiger partial charge in [-0.3, -0.25) is 9.59 Å². The number of carbonyl (C=O) groups is 2. The van der Waals surface area contributed by atoms with E-state index in [1.807, 2.05) is 6.92 Å². The minimum absolute atomic E-state index is 0.0369. The van der Waals surface area contributed by atoms with Crippen LogP contribution in [0.4, 0.5) is 14.6 Å². The lowest BCUT2D eigenvalue weighted by atomic mass is 10.1. The normalized spacial score (nSPS) is 21.8. The lowest BCUT2D eigenvalue weighted by molar-refractivity contribution is 0.0743. The molecule has 9 nitrogen and oxygen atoms in total. The van der Waals surface area contributed by atoms with E-state index in [9.17, 15) is 26.8 Å². The molecule has 3 fully saturated rings. The lowest BCUT2D eigenvalue weighted by Gasteiger charge is -2.25. The zero-order valence-corrected chi connectivity index (χ0v) is 22.0. The number of aromatic nitrogens is 2. The molecule has 0 bridgehead atoms. The molecule has 3 aliphatic rings. The number of nitrogens with zero attached hydrogens (tertiary/aromatic N) is 3. The first-order valence-electron chi connectivity index (χ1n) is 12.5. The van der Waals surface area contributed by atoms with Crippen LogP contribution in [0.15, 0.2) is 12.3 Å². The van der Waals surface area contributed by atoms with Crippen molar-refractivity contribution >= 4 is 38.8 Å². The Hall–Kier alpha value is -2.67. The third-order valence-electron chi connectivity index (χ3n) is 7.21. The molecule has 0 spiro atoms. The van der Waals surface area contributed by atoms with Gasteiger partial charge in [-0.15, -0.1) is 11.3 Å². The summed E-state index contributed by atoms with van der Waals surface area (Å²) in [6, 6.07) is 0.919. The van der Waals surface area contributed by atoms with Crippen molar-refractivity contribution in [2.75, 3.05) is 23.4 Å². The van der Waals surface area contributed by atoms with E-state index in [0.29, 0.717) is 12.4 Å². The van der Waals surface area contributed by atoms with E-state index in [1.54, 1.807) is 4.90 Å². The summed E-state index contributed by atoms with van der Waals surface area (Å²) in [5.41, 5.74) is -0.296. The molecule has 0 radical (unpaired) electrons. The van der Waals surface area contributed by atoms with Gasteiger partial charge in [-0.05, 0) is 38.7 Å². The van der Waals surface area contributed by atoms with Gasteiger partial charge < -0.3 is 15.5 Å². The average Bonchev–Trinajstić information content (AvgIpc) is 3.58. The largest absolute Gasteiger partial charge is 0.367 e. The van der Waals surface area contributed by atoms with Gasteiger partial charge in [-0.2, -0.15) is 0 Å².